The molecule has 1 saturated carbocycles. The van der Waals surface area contributed by atoms with E-state index in [1.54, 1.807) is 6.07 Å². The Kier molecular flexibility index (Phi) is 4.99. The fraction of sp³-hybridized carbons (Fsp3) is 0.348. The van der Waals surface area contributed by atoms with Crippen molar-refractivity contribution in [2.75, 3.05) is 16.4 Å². The first-order valence-corrected chi connectivity index (χ1v) is 11.0. The second-order valence-corrected chi connectivity index (χ2v) is 9.49. The van der Waals surface area contributed by atoms with Crippen LogP contribution in [-0.2, 0) is 5.41 Å². The lowest BCUT2D eigenvalue weighted by atomic mass is 9.90. The zero-order valence-electron chi connectivity index (χ0n) is 19.3. The van der Waals surface area contributed by atoms with Crippen molar-refractivity contribution >= 4 is 34.5 Å². The van der Waals surface area contributed by atoms with Crippen LogP contribution >= 0.6 is 0 Å². The molecule has 10 nitrogen and oxygen atoms in total. The highest BCUT2D eigenvalue weighted by Crippen LogP contribution is 2.40. The smallest absolute Gasteiger partial charge is 0.326 e. The van der Waals surface area contributed by atoms with Crippen molar-refractivity contribution < 1.29 is 13.7 Å². The van der Waals surface area contributed by atoms with Gasteiger partial charge in [0.05, 0.1) is 22.8 Å². The number of halogens is 1. The fourth-order valence-corrected chi connectivity index (χ4v) is 3.94. The SMILES string of the molecule is Cc1c(C(C)(C)C)noc1NC(=O)Nc1ccc(-c2nn(C3CC3)c3ncnc(N)c23)cc1F. The number of hydrogen-bond acceptors (Lipinski definition) is 7. The maximum atomic E-state index is 15.0. The summed E-state index contributed by atoms with van der Waals surface area (Å²) in [7, 11) is 0. The number of nitrogens with zero attached hydrogens (tertiary/aromatic N) is 5. The van der Waals surface area contributed by atoms with Crippen molar-refractivity contribution in [3.63, 3.8) is 0 Å². The molecule has 34 heavy (non-hydrogen) atoms. The average Bonchev–Trinajstić information content (AvgIpc) is 3.43. The topological polar surface area (TPSA) is 137 Å². The van der Waals surface area contributed by atoms with Gasteiger partial charge in [0.1, 0.15) is 23.7 Å². The molecule has 1 aromatic carbocycles. The summed E-state index contributed by atoms with van der Waals surface area (Å²) in [5, 5.41) is 14.4. The van der Waals surface area contributed by atoms with Crippen molar-refractivity contribution in [2.45, 2.75) is 52.0 Å². The molecular weight excluding hydrogens is 439 g/mol. The minimum atomic E-state index is -0.646. The maximum Gasteiger partial charge on any atom is 0.326 e. The van der Waals surface area contributed by atoms with Crippen LogP contribution in [0.25, 0.3) is 22.3 Å². The lowest BCUT2D eigenvalue weighted by Crippen LogP contribution is -2.20. The van der Waals surface area contributed by atoms with Crippen LogP contribution in [0.3, 0.4) is 0 Å². The largest absolute Gasteiger partial charge is 0.383 e. The highest BCUT2D eigenvalue weighted by Gasteiger charge is 2.29. The Labute approximate surface area is 194 Å². The molecular formula is C23H25FN8O2. The zero-order valence-corrected chi connectivity index (χ0v) is 19.3. The number of benzene rings is 1. The number of nitrogens with one attached hydrogen (secondary N) is 2. The number of aromatic nitrogens is 5. The molecule has 2 amide bonds. The molecule has 5 rings (SSSR count). The van der Waals surface area contributed by atoms with Crippen molar-refractivity contribution in [1.82, 2.24) is 24.9 Å². The van der Waals surface area contributed by atoms with Gasteiger partial charge in [-0.05, 0) is 31.9 Å². The molecule has 0 saturated heterocycles. The van der Waals surface area contributed by atoms with Crippen LogP contribution in [0.2, 0.25) is 0 Å². The molecule has 0 unspecified atom stereocenters. The number of fused-ring (bicyclic) bond motifs is 1. The molecule has 11 heteroatoms. The van der Waals surface area contributed by atoms with E-state index in [2.05, 4.69) is 30.9 Å². The molecule has 1 aliphatic carbocycles. The summed E-state index contributed by atoms with van der Waals surface area (Å²) in [6.07, 6.45) is 3.41. The second kappa shape index (κ2) is 7.79. The van der Waals surface area contributed by atoms with Crippen LogP contribution in [0.15, 0.2) is 29.0 Å². The third kappa shape index (κ3) is 3.82. The molecule has 3 aromatic heterocycles. The van der Waals surface area contributed by atoms with Crippen molar-refractivity contribution in [1.29, 1.82) is 0 Å². The van der Waals surface area contributed by atoms with Crippen LogP contribution < -0.4 is 16.4 Å². The van der Waals surface area contributed by atoms with Gasteiger partial charge in [0.15, 0.2) is 5.65 Å². The van der Waals surface area contributed by atoms with E-state index in [1.807, 2.05) is 32.4 Å². The third-order valence-corrected chi connectivity index (χ3v) is 5.76. The number of rotatable bonds is 4. The predicted molar refractivity (Wildman–Crippen MR) is 126 cm³/mol. The second-order valence-electron chi connectivity index (χ2n) is 9.49. The zero-order chi connectivity index (χ0) is 24.2. The van der Waals surface area contributed by atoms with Crippen LogP contribution in [0.1, 0.15) is 50.9 Å². The Morgan fingerprint density at radius 3 is 2.65 bits per heavy atom. The van der Waals surface area contributed by atoms with E-state index >= 15 is 0 Å². The number of carbonyl (C=O) groups is 1. The van der Waals surface area contributed by atoms with Gasteiger partial charge in [0.2, 0.25) is 5.88 Å². The first-order chi connectivity index (χ1) is 16.1. The normalized spacial score (nSPS) is 13.9. The van der Waals surface area contributed by atoms with E-state index in [4.69, 9.17) is 10.3 Å². The van der Waals surface area contributed by atoms with Gasteiger partial charge < -0.3 is 15.6 Å². The van der Waals surface area contributed by atoms with Crippen molar-refractivity contribution in [3.05, 3.63) is 41.6 Å². The lowest BCUT2D eigenvalue weighted by molar-refractivity contribution is 0.261. The van der Waals surface area contributed by atoms with Crippen molar-refractivity contribution in [2.24, 2.45) is 0 Å². The van der Waals surface area contributed by atoms with E-state index in [0.717, 1.165) is 24.1 Å². The van der Waals surface area contributed by atoms with E-state index in [9.17, 15) is 9.18 Å². The maximum absolute atomic E-state index is 15.0. The minimum Gasteiger partial charge on any atom is -0.383 e. The number of carbonyl (C=O) groups excluding carboxylic acids is 1. The quantitative estimate of drug-likeness (QED) is 0.395. The number of nitrogens with two attached hydrogens (primary N) is 1. The standard InChI is InChI=1S/C23H25FN8O2/c1-11-18(23(2,3)4)31-34-21(11)29-22(33)28-15-8-5-12(9-14(15)24)17-16-19(25)26-10-27-20(16)32(30-17)13-6-7-13/h5,8-10,13H,6-7H2,1-4H3,(H2,25,26,27)(H2,28,29,33). The number of amides is 2. The third-order valence-electron chi connectivity index (χ3n) is 5.76. The molecule has 3 heterocycles. The van der Waals surface area contributed by atoms with Crippen LogP contribution in [0, 0.1) is 12.7 Å². The van der Waals surface area contributed by atoms with Gasteiger partial charge in [-0.1, -0.05) is 32.0 Å². The van der Waals surface area contributed by atoms with E-state index in [1.165, 1.54) is 18.5 Å². The Morgan fingerprint density at radius 1 is 1.24 bits per heavy atom. The van der Waals surface area contributed by atoms with Gasteiger partial charge in [-0.15, -0.1) is 0 Å². The summed E-state index contributed by atoms with van der Waals surface area (Å²) in [6, 6.07) is 4.06. The van der Waals surface area contributed by atoms with Gasteiger partial charge in [-0.25, -0.2) is 23.8 Å². The fourth-order valence-electron chi connectivity index (χ4n) is 3.94. The lowest BCUT2D eigenvalue weighted by Gasteiger charge is -2.15. The molecule has 0 aliphatic heterocycles. The van der Waals surface area contributed by atoms with E-state index in [-0.39, 0.29) is 28.8 Å². The van der Waals surface area contributed by atoms with Crippen molar-refractivity contribution in [3.8, 4) is 11.3 Å². The van der Waals surface area contributed by atoms with Crippen LogP contribution in [-0.4, -0.2) is 30.9 Å². The molecule has 0 spiro atoms. The first kappa shape index (κ1) is 21.8. The Balaban J connectivity index is 1.39. The summed E-state index contributed by atoms with van der Waals surface area (Å²) < 4.78 is 22.1. The average molecular weight is 465 g/mol. The molecule has 1 fully saturated rings. The summed E-state index contributed by atoms with van der Waals surface area (Å²) in [6.45, 7) is 7.79. The Hall–Kier alpha value is -4.02. The van der Waals surface area contributed by atoms with E-state index in [0.29, 0.717) is 22.3 Å². The summed E-state index contributed by atoms with van der Waals surface area (Å²) in [5.41, 5.74) is 8.96. The first-order valence-electron chi connectivity index (χ1n) is 11.0. The van der Waals surface area contributed by atoms with Gasteiger partial charge in [-0.2, -0.15) is 5.10 Å². The van der Waals surface area contributed by atoms with E-state index < -0.39 is 11.8 Å². The Morgan fingerprint density at radius 2 is 2.00 bits per heavy atom. The Bertz CT molecular complexity index is 1410. The summed E-state index contributed by atoms with van der Waals surface area (Å²) >= 11 is 0. The molecule has 4 aromatic rings. The minimum absolute atomic E-state index is 0.00427. The molecule has 176 valence electrons. The number of anilines is 3. The van der Waals surface area contributed by atoms with Crippen LogP contribution in [0.5, 0.6) is 0 Å². The summed E-state index contributed by atoms with van der Waals surface area (Å²) in [5.74, 6) is -0.125. The molecule has 0 bridgehead atoms. The van der Waals surface area contributed by atoms with Crippen LogP contribution in [0.4, 0.5) is 26.6 Å². The van der Waals surface area contributed by atoms with Gasteiger partial charge in [-0.3, -0.25) is 5.32 Å². The number of hydrogen-bond donors (Lipinski definition) is 3. The summed E-state index contributed by atoms with van der Waals surface area (Å²) in [4.78, 5) is 20.9. The molecule has 0 atom stereocenters. The number of nitrogen functional groups attached to an aromatic ring is 1. The predicted octanol–water partition coefficient (Wildman–Crippen LogP) is 4.79. The monoisotopic (exact) mass is 464 g/mol. The number of urea groups is 1. The van der Waals surface area contributed by atoms with Gasteiger partial charge in [0, 0.05) is 16.5 Å². The highest BCUT2D eigenvalue weighted by atomic mass is 19.1. The van der Waals surface area contributed by atoms with Gasteiger partial charge >= 0.3 is 6.03 Å². The molecule has 0 radical (unpaired) electrons. The highest BCUT2D eigenvalue weighted by molar-refractivity contribution is 6.01. The molecule has 1 aliphatic rings. The van der Waals surface area contributed by atoms with Gasteiger partial charge in [0.25, 0.3) is 0 Å². The molecule has 4 N–H and O–H groups in total.